The quantitative estimate of drug-likeness (QED) is 0.700. The zero-order valence-corrected chi connectivity index (χ0v) is 19.4. The Morgan fingerprint density at radius 2 is 1.88 bits per heavy atom. The molecule has 7 heteroatoms. The Labute approximate surface area is 192 Å². The molecule has 1 N–H and O–H groups in total. The smallest absolute Gasteiger partial charge is 0.225 e. The summed E-state index contributed by atoms with van der Waals surface area (Å²) < 4.78 is 5.40. The number of nitrogens with one attached hydrogen (secondary N) is 1. The molecule has 176 valence electrons. The number of amides is 2. The standard InChI is InChI=1S/C25H38N4O3/c1-20-4-2-5-23(18-20)28-12-8-22(9-13-28)26-25(31)21-6-7-24(30)29(19-21)11-3-10-27-14-16-32-17-15-27/h2,4-5,18,21-22H,3,6-17,19H2,1H3,(H,26,31). The summed E-state index contributed by atoms with van der Waals surface area (Å²) in [4.78, 5) is 32.0. The van der Waals surface area contributed by atoms with Gasteiger partial charge in [0.15, 0.2) is 0 Å². The fourth-order valence-corrected chi connectivity index (χ4v) is 5.08. The summed E-state index contributed by atoms with van der Waals surface area (Å²) in [6, 6.07) is 8.85. The van der Waals surface area contributed by atoms with Crippen molar-refractivity contribution in [1.82, 2.24) is 15.1 Å². The van der Waals surface area contributed by atoms with Crippen molar-refractivity contribution in [3.63, 3.8) is 0 Å². The highest BCUT2D eigenvalue weighted by atomic mass is 16.5. The first-order valence-corrected chi connectivity index (χ1v) is 12.3. The minimum Gasteiger partial charge on any atom is -0.379 e. The molecule has 0 spiro atoms. The first-order chi connectivity index (χ1) is 15.6. The van der Waals surface area contributed by atoms with Crippen molar-refractivity contribution in [3.05, 3.63) is 29.8 Å². The van der Waals surface area contributed by atoms with Crippen molar-refractivity contribution < 1.29 is 14.3 Å². The number of ether oxygens (including phenoxy) is 1. The number of nitrogens with zero attached hydrogens (tertiary/aromatic N) is 3. The molecule has 1 unspecified atom stereocenters. The highest BCUT2D eigenvalue weighted by Gasteiger charge is 2.31. The number of carbonyl (C=O) groups excluding carboxylic acids is 2. The Morgan fingerprint density at radius 3 is 2.62 bits per heavy atom. The monoisotopic (exact) mass is 442 g/mol. The second-order valence-electron chi connectivity index (χ2n) is 9.49. The molecule has 1 atom stereocenters. The molecule has 0 aliphatic carbocycles. The second kappa shape index (κ2) is 11.1. The van der Waals surface area contributed by atoms with Crippen molar-refractivity contribution in [1.29, 1.82) is 0 Å². The summed E-state index contributed by atoms with van der Waals surface area (Å²) in [5.74, 6) is 0.248. The van der Waals surface area contributed by atoms with Gasteiger partial charge in [-0.15, -0.1) is 0 Å². The highest BCUT2D eigenvalue weighted by Crippen LogP contribution is 2.23. The fraction of sp³-hybridized carbons (Fsp3) is 0.680. The SMILES string of the molecule is Cc1cccc(N2CCC(NC(=O)C3CCC(=O)N(CCCN4CCOCC4)C3)CC2)c1. The highest BCUT2D eigenvalue weighted by molar-refractivity contribution is 5.84. The van der Waals surface area contributed by atoms with Gasteiger partial charge in [0, 0.05) is 64.0 Å². The molecule has 2 amide bonds. The predicted molar refractivity (Wildman–Crippen MR) is 126 cm³/mol. The van der Waals surface area contributed by atoms with Gasteiger partial charge in [-0.2, -0.15) is 0 Å². The molecule has 1 aromatic rings. The van der Waals surface area contributed by atoms with Gasteiger partial charge >= 0.3 is 0 Å². The van der Waals surface area contributed by atoms with E-state index in [1.54, 1.807) is 0 Å². The number of benzene rings is 1. The summed E-state index contributed by atoms with van der Waals surface area (Å²) in [7, 11) is 0. The number of anilines is 1. The lowest BCUT2D eigenvalue weighted by molar-refractivity contribution is -0.138. The van der Waals surface area contributed by atoms with E-state index in [1.807, 2.05) is 4.90 Å². The molecular weight excluding hydrogens is 404 g/mol. The van der Waals surface area contributed by atoms with E-state index in [4.69, 9.17) is 4.74 Å². The molecule has 0 bridgehead atoms. The largest absolute Gasteiger partial charge is 0.379 e. The molecule has 4 rings (SSSR count). The second-order valence-corrected chi connectivity index (χ2v) is 9.49. The van der Waals surface area contributed by atoms with Crippen LogP contribution >= 0.6 is 0 Å². The molecule has 0 aromatic heterocycles. The predicted octanol–water partition coefficient (Wildman–Crippen LogP) is 2.04. The van der Waals surface area contributed by atoms with Crippen LogP contribution in [-0.4, -0.2) is 86.7 Å². The van der Waals surface area contributed by atoms with E-state index in [1.165, 1.54) is 11.3 Å². The third kappa shape index (κ3) is 6.23. The Balaban J connectivity index is 1.19. The minimum atomic E-state index is -0.0779. The van der Waals surface area contributed by atoms with Crippen LogP contribution in [0.25, 0.3) is 0 Å². The van der Waals surface area contributed by atoms with Gasteiger partial charge in [0.25, 0.3) is 0 Å². The summed E-state index contributed by atoms with van der Waals surface area (Å²) in [5.41, 5.74) is 2.55. The number of likely N-dealkylation sites (tertiary alicyclic amines) is 1. The van der Waals surface area contributed by atoms with Gasteiger partial charge in [-0.05, 0) is 50.3 Å². The first kappa shape index (κ1) is 23.1. The van der Waals surface area contributed by atoms with E-state index in [2.05, 4.69) is 46.3 Å². The van der Waals surface area contributed by atoms with Gasteiger partial charge in [0.05, 0.1) is 19.1 Å². The lowest BCUT2D eigenvalue weighted by Gasteiger charge is -2.36. The molecule has 32 heavy (non-hydrogen) atoms. The summed E-state index contributed by atoms with van der Waals surface area (Å²) in [6.45, 7) is 9.90. The van der Waals surface area contributed by atoms with Crippen molar-refractivity contribution in [2.24, 2.45) is 5.92 Å². The molecule has 0 saturated carbocycles. The number of hydrogen-bond donors (Lipinski definition) is 1. The molecule has 0 radical (unpaired) electrons. The van der Waals surface area contributed by atoms with Crippen LogP contribution in [0.3, 0.4) is 0 Å². The Kier molecular flexibility index (Phi) is 8.03. The molecular formula is C25H38N4O3. The molecule has 3 fully saturated rings. The first-order valence-electron chi connectivity index (χ1n) is 12.3. The molecule has 7 nitrogen and oxygen atoms in total. The summed E-state index contributed by atoms with van der Waals surface area (Å²) >= 11 is 0. The molecule has 1 aromatic carbocycles. The zero-order valence-electron chi connectivity index (χ0n) is 19.4. The number of piperidine rings is 2. The zero-order chi connectivity index (χ0) is 22.3. The third-order valence-corrected chi connectivity index (χ3v) is 7.09. The van der Waals surface area contributed by atoms with Gasteiger partial charge in [-0.1, -0.05) is 12.1 Å². The molecule has 3 aliphatic heterocycles. The molecule has 3 aliphatic rings. The summed E-state index contributed by atoms with van der Waals surface area (Å²) in [5, 5.41) is 3.29. The van der Waals surface area contributed by atoms with E-state index in [0.717, 1.165) is 71.7 Å². The van der Waals surface area contributed by atoms with E-state index in [9.17, 15) is 9.59 Å². The number of morpholine rings is 1. The van der Waals surface area contributed by atoms with E-state index in [-0.39, 0.29) is 23.8 Å². The minimum absolute atomic E-state index is 0.0779. The average molecular weight is 443 g/mol. The maximum Gasteiger partial charge on any atom is 0.225 e. The van der Waals surface area contributed by atoms with Gasteiger partial charge in [0.1, 0.15) is 0 Å². The number of rotatable bonds is 7. The van der Waals surface area contributed by atoms with Gasteiger partial charge in [-0.25, -0.2) is 0 Å². The van der Waals surface area contributed by atoms with E-state index < -0.39 is 0 Å². The van der Waals surface area contributed by atoms with Gasteiger partial charge in [-0.3, -0.25) is 14.5 Å². The maximum atomic E-state index is 13.0. The average Bonchev–Trinajstić information content (AvgIpc) is 2.81. The molecule has 3 heterocycles. The van der Waals surface area contributed by atoms with Crippen molar-refractivity contribution in [2.75, 3.05) is 63.9 Å². The Morgan fingerprint density at radius 1 is 1.09 bits per heavy atom. The fourth-order valence-electron chi connectivity index (χ4n) is 5.08. The van der Waals surface area contributed by atoms with E-state index in [0.29, 0.717) is 19.4 Å². The Bertz CT molecular complexity index is 772. The number of hydrogen-bond acceptors (Lipinski definition) is 5. The number of carbonyl (C=O) groups is 2. The van der Waals surface area contributed by atoms with Crippen molar-refractivity contribution >= 4 is 17.5 Å². The van der Waals surface area contributed by atoms with Crippen molar-refractivity contribution in [2.45, 2.75) is 45.1 Å². The lowest BCUT2D eigenvalue weighted by atomic mass is 9.95. The van der Waals surface area contributed by atoms with Crippen LogP contribution in [0.5, 0.6) is 0 Å². The van der Waals surface area contributed by atoms with Crippen molar-refractivity contribution in [3.8, 4) is 0 Å². The lowest BCUT2D eigenvalue weighted by Crippen LogP contribution is -2.50. The van der Waals surface area contributed by atoms with Crippen LogP contribution in [0.2, 0.25) is 0 Å². The van der Waals surface area contributed by atoms with E-state index >= 15 is 0 Å². The van der Waals surface area contributed by atoms with Gasteiger partial charge < -0.3 is 19.9 Å². The van der Waals surface area contributed by atoms with Crippen LogP contribution in [0.1, 0.15) is 37.7 Å². The van der Waals surface area contributed by atoms with Crippen LogP contribution in [0, 0.1) is 12.8 Å². The summed E-state index contributed by atoms with van der Waals surface area (Å²) in [6.07, 6.45) is 4.05. The number of aryl methyl sites for hydroxylation is 1. The van der Waals surface area contributed by atoms with Gasteiger partial charge in [0.2, 0.25) is 11.8 Å². The Hall–Kier alpha value is -2.12. The van der Waals surface area contributed by atoms with Crippen LogP contribution in [0.4, 0.5) is 5.69 Å². The molecule has 3 saturated heterocycles. The van der Waals surface area contributed by atoms with Crippen LogP contribution in [-0.2, 0) is 14.3 Å². The van der Waals surface area contributed by atoms with Crippen LogP contribution in [0.15, 0.2) is 24.3 Å². The normalized spacial score (nSPS) is 23.4. The third-order valence-electron chi connectivity index (χ3n) is 7.09. The topological polar surface area (TPSA) is 65.1 Å². The van der Waals surface area contributed by atoms with Crippen LogP contribution < -0.4 is 10.2 Å². The maximum absolute atomic E-state index is 13.0.